The zero-order valence-corrected chi connectivity index (χ0v) is 25.6. The van der Waals surface area contributed by atoms with Crippen molar-refractivity contribution in [1.29, 1.82) is 0 Å². The Morgan fingerprint density at radius 1 is 0.791 bits per heavy atom. The summed E-state index contributed by atoms with van der Waals surface area (Å²) in [4.78, 5) is 29.5. The molecule has 224 valence electrons. The monoisotopic (exact) mass is 619 g/mol. The summed E-state index contributed by atoms with van der Waals surface area (Å²) in [6.07, 6.45) is 1.07. The second kappa shape index (κ2) is 14.8. The van der Waals surface area contributed by atoms with Crippen molar-refractivity contribution in [1.82, 2.24) is 14.5 Å². The van der Waals surface area contributed by atoms with Gasteiger partial charge in [0.05, 0.1) is 19.9 Å². The van der Waals surface area contributed by atoms with Crippen LogP contribution in [0.3, 0.4) is 0 Å². The summed E-state index contributed by atoms with van der Waals surface area (Å²) >= 11 is 6.11. The third-order valence-electron chi connectivity index (χ3n) is 6.87. The zero-order valence-electron chi connectivity index (χ0n) is 24.0. The van der Waals surface area contributed by atoms with Gasteiger partial charge in [-0.2, -0.15) is 4.31 Å². The number of benzene rings is 4. The highest BCUT2D eigenvalue weighted by molar-refractivity contribution is 7.88. The van der Waals surface area contributed by atoms with Crippen LogP contribution >= 0.6 is 11.6 Å². The Labute approximate surface area is 257 Å². The maximum absolute atomic E-state index is 14.1. The van der Waals surface area contributed by atoms with Crippen LogP contribution in [0.4, 0.5) is 0 Å². The van der Waals surface area contributed by atoms with E-state index >= 15 is 0 Å². The van der Waals surface area contributed by atoms with Crippen LogP contribution in [-0.2, 0) is 39.2 Å². The van der Waals surface area contributed by atoms with E-state index < -0.39 is 34.4 Å². The van der Waals surface area contributed by atoms with Gasteiger partial charge in [0.15, 0.2) is 0 Å². The van der Waals surface area contributed by atoms with E-state index in [9.17, 15) is 18.0 Å². The molecule has 1 atom stereocenters. The van der Waals surface area contributed by atoms with Gasteiger partial charge in [0.1, 0.15) is 11.8 Å². The number of hydrogen-bond acceptors (Lipinski definition) is 5. The lowest BCUT2D eigenvalue weighted by Gasteiger charge is -2.33. The number of carbonyl (C=O) groups is 2. The minimum atomic E-state index is -3.78. The Hall–Kier alpha value is -4.18. The van der Waals surface area contributed by atoms with Crippen LogP contribution in [-0.4, -0.2) is 49.3 Å². The first-order valence-electron chi connectivity index (χ1n) is 13.6. The topological polar surface area (TPSA) is 96.0 Å². The van der Waals surface area contributed by atoms with Gasteiger partial charge in [0, 0.05) is 24.7 Å². The molecule has 0 bridgehead atoms. The lowest BCUT2D eigenvalue weighted by molar-refractivity contribution is -0.141. The summed E-state index contributed by atoms with van der Waals surface area (Å²) in [5, 5.41) is 3.49. The first-order valence-corrected chi connectivity index (χ1v) is 15.8. The molecule has 43 heavy (non-hydrogen) atoms. The Kier molecular flexibility index (Phi) is 10.9. The molecule has 1 N–H and O–H groups in total. The Morgan fingerprint density at radius 2 is 1.35 bits per heavy atom. The second-order valence-corrected chi connectivity index (χ2v) is 12.5. The van der Waals surface area contributed by atoms with E-state index in [0.717, 1.165) is 27.3 Å². The highest BCUT2D eigenvalue weighted by atomic mass is 35.5. The smallest absolute Gasteiger partial charge is 0.247 e. The molecule has 0 aliphatic heterocycles. The van der Waals surface area contributed by atoms with Crippen molar-refractivity contribution >= 4 is 33.4 Å². The molecular weight excluding hydrogens is 586 g/mol. The molecule has 4 aromatic carbocycles. The Balaban J connectivity index is 1.68. The van der Waals surface area contributed by atoms with Crippen molar-refractivity contribution in [3.05, 3.63) is 136 Å². The third-order valence-corrected chi connectivity index (χ3v) is 8.32. The quantitative estimate of drug-likeness (QED) is 0.222. The molecule has 0 saturated heterocycles. The van der Waals surface area contributed by atoms with Crippen LogP contribution in [0.25, 0.3) is 0 Å². The second-order valence-electron chi connectivity index (χ2n) is 10.0. The van der Waals surface area contributed by atoms with Gasteiger partial charge in [0.25, 0.3) is 0 Å². The molecule has 0 heterocycles. The van der Waals surface area contributed by atoms with E-state index in [-0.39, 0.29) is 19.6 Å². The number of nitrogens with one attached hydrogen (secondary N) is 1. The number of rotatable bonds is 13. The molecule has 0 spiro atoms. The number of carbonyl (C=O) groups excluding carboxylic acids is 2. The van der Waals surface area contributed by atoms with Gasteiger partial charge in [-0.3, -0.25) is 9.59 Å². The normalized spacial score (nSPS) is 12.0. The van der Waals surface area contributed by atoms with Crippen molar-refractivity contribution in [2.45, 2.75) is 25.7 Å². The first-order chi connectivity index (χ1) is 20.6. The summed E-state index contributed by atoms with van der Waals surface area (Å²) in [5.74, 6) is -0.231. The standard InChI is InChI=1S/C33H34ClN3O5S/c1-42-30-19-15-25(16-20-30)21-35-33(39)32(28-11-7-4-8-12-28)37(23-27-13-17-29(34)18-14-27)31(38)24-36(43(2,40)41)22-26-9-5-3-6-10-26/h3-20,32H,21-24H2,1-2H3,(H,35,39). The lowest BCUT2D eigenvalue weighted by atomic mass is 10.0. The molecule has 0 aliphatic carbocycles. The van der Waals surface area contributed by atoms with E-state index in [0.29, 0.717) is 16.3 Å². The molecule has 4 rings (SSSR count). The summed E-state index contributed by atoms with van der Waals surface area (Å²) in [6, 6.07) is 31.2. The highest BCUT2D eigenvalue weighted by Gasteiger charge is 2.33. The molecule has 0 fully saturated rings. The Bertz CT molecular complexity index is 1600. The van der Waals surface area contributed by atoms with Crippen molar-refractivity contribution in [3.63, 3.8) is 0 Å². The summed E-state index contributed by atoms with van der Waals surface area (Å²) < 4.78 is 32.0. The molecule has 0 aliphatic rings. The molecule has 0 saturated carbocycles. The Morgan fingerprint density at radius 3 is 1.93 bits per heavy atom. The van der Waals surface area contributed by atoms with Crippen LogP contribution in [0.2, 0.25) is 5.02 Å². The predicted molar refractivity (Wildman–Crippen MR) is 168 cm³/mol. The number of amides is 2. The van der Waals surface area contributed by atoms with E-state index in [1.807, 2.05) is 36.4 Å². The number of methoxy groups -OCH3 is 1. The molecule has 8 nitrogen and oxygen atoms in total. The fourth-order valence-electron chi connectivity index (χ4n) is 4.57. The van der Waals surface area contributed by atoms with Crippen molar-refractivity contribution in [3.8, 4) is 5.75 Å². The maximum atomic E-state index is 14.1. The van der Waals surface area contributed by atoms with Crippen LogP contribution in [0.15, 0.2) is 109 Å². The van der Waals surface area contributed by atoms with E-state index in [1.165, 1.54) is 4.90 Å². The minimum absolute atomic E-state index is 0.0138. The molecule has 1 unspecified atom stereocenters. The van der Waals surface area contributed by atoms with Gasteiger partial charge in [-0.1, -0.05) is 96.5 Å². The van der Waals surface area contributed by atoms with E-state index in [4.69, 9.17) is 16.3 Å². The number of hydrogen-bond donors (Lipinski definition) is 1. The van der Waals surface area contributed by atoms with E-state index in [1.54, 1.807) is 79.9 Å². The van der Waals surface area contributed by atoms with Gasteiger partial charge in [-0.15, -0.1) is 0 Å². The van der Waals surface area contributed by atoms with Gasteiger partial charge < -0.3 is 15.0 Å². The predicted octanol–water partition coefficient (Wildman–Crippen LogP) is 5.20. The van der Waals surface area contributed by atoms with Crippen LogP contribution in [0, 0.1) is 0 Å². The number of nitrogens with zero attached hydrogens (tertiary/aromatic N) is 2. The first kappa shape index (κ1) is 31.7. The minimum Gasteiger partial charge on any atom is -0.497 e. The molecule has 0 radical (unpaired) electrons. The van der Waals surface area contributed by atoms with Crippen LogP contribution in [0.5, 0.6) is 5.75 Å². The number of halogens is 1. The molecule has 0 aromatic heterocycles. The number of sulfonamides is 1. The SMILES string of the molecule is COc1ccc(CNC(=O)C(c2ccccc2)N(Cc2ccc(Cl)cc2)C(=O)CN(Cc2ccccc2)S(C)(=O)=O)cc1. The average Bonchev–Trinajstić information content (AvgIpc) is 3.01. The average molecular weight is 620 g/mol. The van der Waals surface area contributed by atoms with E-state index in [2.05, 4.69) is 5.32 Å². The van der Waals surface area contributed by atoms with Crippen molar-refractivity contribution in [2.24, 2.45) is 0 Å². The van der Waals surface area contributed by atoms with Gasteiger partial charge in [-0.05, 0) is 46.5 Å². The van der Waals surface area contributed by atoms with Gasteiger partial charge in [0.2, 0.25) is 21.8 Å². The van der Waals surface area contributed by atoms with Crippen LogP contribution < -0.4 is 10.1 Å². The van der Waals surface area contributed by atoms with Gasteiger partial charge in [-0.25, -0.2) is 8.42 Å². The lowest BCUT2D eigenvalue weighted by Crippen LogP contribution is -2.47. The fraction of sp³-hybridized carbons (Fsp3) is 0.212. The largest absolute Gasteiger partial charge is 0.497 e. The molecule has 4 aromatic rings. The summed E-state index contributed by atoms with van der Waals surface area (Å²) in [7, 11) is -2.19. The van der Waals surface area contributed by atoms with Gasteiger partial charge >= 0.3 is 0 Å². The van der Waals surface area contributed by atoms with Crippen molar-refractivity contribution in [2.75, 3.05) is 19.9 Å². The fourth-order valence-corrected chi connectivity index (χ4v) is 5.42. The zero-order chi connectivity index (χ0) is 30.8. The van der Waals surface area contributed by atoms with Crippen LogP contribution in [0.1, 0.15) is 28.3 Å². The highest BCUT2D eigenvalue weighted by Crippen LogP contribution is 2.26. The van der Waals surface area contributed by atoms with Crippen molar-refractivity contribution < 1.29 is 22.7 Å². The maximum Gasteiger partial charge on any atom is 0.247 e. The molecular formula is C33H34ClN3O5S. The summed E-state index contributed by atoms with van der Waals surface area (Å²) in [5.41, 5.74) is 2.91. The summed E-state index contributed by atoms with van der Waals surface area (Å²) in [6.45, 7) is -0.163. The third kappa shape index (κ3) is 9.15. The number of ether oxygens (including phenoxy) is 1. The molecule has 2 amide bonds. The molecule has 10 heteroatoms.